The minimum atomic E-state index is -0.537. The van der Waals surface area contributed by atoms with Gasteiger partial charge in [-0.2, -0.15) is 0 Å². The second-order valence-corrected chi connectivity index (χ2v) is 3.67. The maximum absolute atomic E-state index is 11.2. The van der Waals surface area contributed by atoms with Gasteiger partial charge >= 0.3 is 6.09 Å². The summed E-state index contributed by atoms with van der Waals surface area (Å²) in [5, 5.41) is 0.995. The highest BCUT2D eigenvalue weighted by Crippen LogP contribution is 2.07. The van der Waals surface area contributed by atoms with Gasteiger partial charge in [0.05, 0.1) is 13.2 Å². The molecule has 0 aromatic heterocycles. The van der Waals surface area contributed by atoms with Crippen LogP contribution in [-0.4, -0.2) is 37.0 Å². The van der Waals surface area contributed by atoms with Crippen LogP contribution in [0.3, 0.4) is 0 Å². The zero-order chi connectivity index (χ0) is 10.5. The third kappa shape index (κ3) is 6.36. The van der Waals surface area contributed by atoms with Crippen LogP contribution in [0, 0.1) is 0 Å². The molecule has 0 rings (SSSR count). The molecule has 0 aromatic carbocycles. The average molecular weight is 190 g/mol. The lowest BCUT2D eigenvalue weighted by Gasteiger charge is -2.23. The van der Waals surface area contributed by atoms with E-state index in [-0.39, 0.29) is 0 Å². The molecule has 13 heavy (non-hydrogen) atoms. The predicted octanol–water partition coefficient (Wildman–Crippen LogP) is 0.744. The summed E-state index contributed by atoms with van der Waals surface area (Å²) < 4.78 is 9.77. The van der Waals surface area contributed by atoms with E-state index in [0.717, 1.165) is 5.01 Å². The molecule has 78 valence electrons. The third-order valence-electron chi connectivity index (χ3n) is 1.16. The molecule has 0 aliphatic heterocycles. The van der Waals surface area contributed by atoms with Crippen molar-refractivity contribution in [1.29, 1.82) is 0 Å². The van der Waals surface area contributed by atoms with Crippen molar-refractivity contribution in [2.45, 2.75) is 26.4 Å². The molecule has 0 atom stereocenters. The SMILES string of the molecule is COCCN(N)C(=O)OC(C)(C)C. The first-order chi connectivity index (χ1) is 5.87. The van der Waals surface area contributed by atoms with Crippen LogP contribution < -0.4 is 5.84 Å². The topological polar surface area (TPSA) is 64.8 Å². The summed E-state index contributed by atoms with van der Waals surface area (Å²) in [7, 11) is 1.54. The molecule has 0 unspecified atom stereocenters. The van der Waals surface area contributed by atoms with E-state index in [0.29, 0.717) is 13.2 Å². The van der Waals surface area contributed by atoms with Crippen molar-refractivity contribution in [3.63, 3.8) is 0 Å². The Bertz CT molecular complexity index is 165. The molecule has 0 radical (unpaired) electrons. The van der Waals surface area contributed by atoms with Gasteiger partial charge in [0, 0.05) is 7.11 Å². The first-order valence-corrected chi connectivity index (χ1v) is 4.11. The number of carbonyl (C=O) groups excluding carboxylic acids is 1. The lowest BCUT2D eigenvalue weighted by Crippen LogP contribution is -2.43. The number of hydrogen-bond acceptors (Lipinski definition) is 4. The Morgan fingerprint density at radius 3 is 2.38 bits per heavy atom. The Morgan fingerprint density at radius 2 is 2.00 bits per heavy atom. The van der Waals surface area contributed by atoms with Crippen LogP contribution in [0.4, 0.5) is 4.79 Å². The fourth-order valence-corrected chi connectivity index (χ4v) is 0.601. The van der Waals surface area contributed by atoms with Crippen LogP contribution in [-0.2, 0) is 9.47 Å². The summed E-state index contributed by atoms with van der Waals surface area (Å²) in [6.07, 6.45) is -0.537. The highest BCUT2D eigenvalue weighted by molar-refractivity contribution is 5.67. The number of ether oxygens (including phenoxy) is 2. The molecule has 2 N–H and O–H groups in total. The number of hydrazine groups is 1. The van der Waals surface area contributed by atoms with Crippen LogP contribution in [0.25, 0.3) is 0 Å². The summed E-state index contributed by atoms with van der Waals surface area (Å²) in [6.45, 7) is 6.08. The lowest BCUT2D eigenvalue weighted by molar-refractivity contribution is 0.0200. The van der Waals surface area contributed by atoms with Gasteiger partial charge in [-0.3, -0.25) is 0 Å². The molecule has 0 saturated heterocycles. The second-order valence-electron chi connectivity index (χ2n) is 3.67. The number of methoxy groups -OCH3 is 1. The standard InChI is InChI=1S/C8H18N2O3/c1-8(2,3)13-7(11)10(9)5-6-12-4/h5-6,9H2,1-4H3. The third-order valence-corrected chi connectivity index (χ3v) is 1.16. The van der Waals surface area contributed by atoms with Crippen molar-refractivity contribution < 1.29 is 14.3 Å². The van der Waals surface area contributed by atoms with E-state index in [9.17, 15) is 4.79 Å². The van der Waals surface area contributed by atoms with E-state index >= 15 is 0 Å². The Labute approximate surface area is 78.8 Å². The van der Waals surface area contributed by atoms with Crippen LogP contribution >= 0.6 is 0 Å². The molecule has 5 nitrogen and oxygen atoms in total. The maximum atomic E-state index is 11.2. The van der Waals surface area contributed by atoms with E-state index in [4.69, 9.17) is 15.3 Å². The van der Waals surface area contributed by atoms with Crippen molar-refractivity contribution in [3.8, 4) is 0 Å². The molecular weight excluding hydrogens is 172 g/mol. The molecule has 0 aliphatic rings. The van der Waals surface area contributed by atoms with E-state index < -0.39 is 11.7 Å². The molecule has 0 bridgehead atoms. The van der Waals surface area contributed by atoms with E-state index in [1.807, 2.05) is 0 Å². The fraction of sp³-hybridized carbons (Fsp3) is 0.875. The molecule has 0 saturated carbocycles. The smallest absolute Gasteiger partial charge is 0.424 e. The monoisotopic (exact) mass is 190 g/mol. The first-order valence-electron chi connectivity index (χ1n) is 4.11. The molecule has 1 amide bonds. The van der Waals surface area contributed by atoms with Crippen LogP contribution in [0.5, 0.6) is 0 Å². The second kappa shape index (κ2) is 5.04. The van der Waals surface area contributed by atoms with Gasteiger partial charge in [0.1, 0.15) is 5.60 Å². The Balaban J connectivity index is 3.83. The average Bonchev–Trinajstić information content (AvgIpc) is 1.96. The van der Waals surface area contributed by atoms with Crippen molar-refractivity contribution in [2.75, 3.05) is 20.3 Å². The summed E-state index contributed by atoms with van der Waals surface area (Å²) >= 11 is 0. The van der Waals surface area contributed by atoms with Crippen molar-refractivity contribution in [1.82, 2.24) is 5.01 Å². The fourth-order valence-electron chi connectivity index (χ4n) is 0.601. The summed E-state index contributed by atoms with van der Waals surface area (Å²) in [5.74, 6) is 5.39. The lowest BCUT2D eigenvalue weighted by atomic mass is 10.2. The summed E-state index contributed by atoms with van der Waals surface area (Å²) in [5.41, 5.74) is -0.512. The van der Waals surface area contributed by atoms with Gasteiger partial charge in [-0.05, 0) is 20.8 Å². The number of rotatable bonds is 3. The van der Waals surface area contributed by atoms with Crippen LogP contribution in [0.15, 0.2) is 0 Å². The quantitative estimate of drug-likeness (QED) is 0.405. The predicted molar refractivity (Wildman–Crippen MR) is 49.0 cm³/mol. The van der Waals surface area contributed by atoms with Gasteiger partial charge in [-0.25, -0.2) is 15.6 Å². The number of nitrogens with two attached hydrogens (primary N) is 1. The van der Waals surface area contributed by atoms with Gasteiger partial charge in [-0.1, -0.05) is 0 Å². The van der Waals surface area contributed by atoms with Crippen molar-refractivity contribution >= 4 is 6.09 Å². The highest BCUT2D eigenvalue weighted by Gasteiger charge is 2.19. The summed E-state index contributed by atoms with van der Waals surface area (Å²) in [4.78, 5) is 11.2. The normalized spacial score (nSPS) is 11.2. The van der Waals surface area contributed by atoms with E-state index in [1.165, 1.54) is 0 Å². The van der Waals surface area contributed by atoms with E-state index in [1.54, 1.807) is 27.9 Å². The maximum Gasteiger partial charge on any atom is 0.424 e. The zero-order valence-electron chi connectivity index (χ0n) is 8.66. The van der Waals surface area contributed by atoms with Gasteiger partial charge in [0.15, 0.2) is 0 Å². The van der Waals surface area contributed by atoms with Crippen molar-refractivity contribution in [2.24, 2.45) is 5.84 Å². The van der Waals surface area contributed by atoms with Crippen LogP contribution in [0.1, 0.15) is 20.8 Å². The molecule has 0 aliphatic carbocycles. The van der Waals surface area contributed by atoms with Gasteiger partial charge in [-0.15, -0.1) is 0 Å². The van der Waals surface area contributed by atoms with E-state index in [2.05, 4.69) is 0 Å². The summed E-state index contributed by atoms with van der Waals surface area (Å²) in [6, 6.07) is 0. The molecule has 0 heterocycles. The van der Waals surface area contributed by atoms with Gasteiger partial charge in [0.2, 0.25) is 0 Å². The molecule has 0 aromatic rings. The number of amides is 1. The molecular formula is C8H18N2O3. The number of carbonyl (C=O) groups is 1. The molecule has 5 heteroatoms. The van der Waals surface area contributed by atoms with Crippen molar-refractivity contribution in [3.05, 3.63) is 0 Å². The minimum absolute atomic E-state index is 0.325. The largest absolute Gasteiger partial charge is 0.443 e. The molecule has 0 spiro atoms. The van der Waals surface area contributed by atoms with Crippen LogP contribution in [0.2, 0.25) is 0 Å². The zero-order valence-corrected chi connectivity index (χ0v) is 8.66. The first kappa shape index (κ1) is 12.2. The Hall–Kier alpha value is -0.810. The van der Waals surface area contributed by atoms with Gasteiger partial charge < -0.3 is 9.47 Å². The molecule has 0 fully saturated rings. The number of hydrogen-bond donors (Lipinski definition) is 1. The highest BCUT2D eigenvalue weighted by atomic mass is 16.6. The minimum Gasteiger partial charge on any atom is -0.443 e. The number of nitrogens with zero attached hydrogens (tertiary/aromatic N) is 1. The van der Waals surface area contributed by atoms with Gasteiger partial charge in [0.25, 0.3) is 0 Å². The Morgan fingerprint density at radius 1 is 1.46 bits per heavy atom. The Kier molecular flexibility index (Phi) is 4.72.